The molecular weight excluding hydrogens is 318 g/mol. The molecule has 1 heterocycles. The summed E-state index contributed by atoms with van der Waals surface area (Å²) >= 11 is 3.45. The maximum absolute atomic E-state index is 12.2. The largest absolute Gasteiger partial charge is 0.335 e. The van der Waals surface area contributed by atoms with E-state index in [-0.39, 0.29) is 10.6 Å². The quantitative estimate of drug-likeness (QED) is 0.826. The van der Waals surface area contributed by atoms with Crippen molar-refractivity contribution in [2.45, 2.75) is 43.2 Å². The molecule has 0 atom stereocenters. The van der Waals surface area contributed by atoms with Crippen molar-refractivity contribution in [2.24, 2.45) is 5.92 Å². The Balaban J connectivity index is 2.16. The number of nitrogens with one attached hydrogen (secondary N) is 2. The van der Waals surface area contributed by atoms with E-state index < -0.39 is 10.0 Å². The minimum absolute atomic E-state index is 0.126. The van der Waals surface area contributed by atoms with Crippen molar-refractivity contribution in [1.82, 2.24) is 14.7 Å². The van der Waals surface area contributed by atoms with Crippen LogP contribution in [0.1, 0.15) is 32.6 Å². The Labute approximate surface area is 116 Å². The smallest absolute Gasteiger partial charge is 0.258 e. The van der Waals surface area contributed by atoms with Gasteiger partial charge in [-0.05, 0) is 31.6 Å². The van der Waals surface area contributed by atoms with E-state index in [2.05, 4.69) is 37.5 Å². The summed E-state index contributed by atoms with van der Waals surface area (Å²) in [5.74, 6) is 0.675. The van der Waals surface area contributed by atoms with Gasteiger partial charge in [0.2, 0.25) is 0 Å². The summed E-state index contributed by atoms with van der Waals surface area (Å²) in [5.41, 5.74) is -0.365. The molecule has 18 heavy (non-hydrogen) atoms. The van der Waals surface area contributed by atoms with E-state index in [0.29, 0.717) is 11.2 Å². The molecule has 2 rings (SSSR count). The zero-order valence-electron chi connectivity index (χ0n) is 10.3. The van der Waals surface area contributed by atoms with Crippen LogP contribution in [0, 0.1) is 5.92 Å². The fraction of sp³-hybridized carbons (Fsp3) is 0.727. The molecule has 5 nitrogen and oxygen atoms in total. The van der Waals surface area contributed by atoms with Gasteiger partial charge in [0.1, 0.15) is 0 Å². The number of halogens is 1. The second kappa shape index (κ2) is 5.30. The molecule has 0 amide bonds. The Morgan fingerprint density at radius 3 is 2.72 bits per heavy atom. The van der Waals surface area contributed by atoms with Crippen LogP contribution in [0.15, 0.2) is 17.6 Å². The van der Waals surface area contributed by atoms with Crippen molar-refractivity contribution >= 4 is 26.0 Å². The molecule has 0 aromatic carbocycles. The van der Waals surface area contributed by atoms with Gasteiger partial charge in [0.15, 0.2) is 5.03 Å². The van der Waals surface area contributed by atoms with Gasteiger partial charge < -0.3 is 4.98 Å². The van der Waals surface area contributed by atoms with Crippen LogP contribution in [0.3, 0.4) is 0 Å². The first kappa shape index (κ1) is 14.0. The van der Waals surface area contributed by atoms with E-state index >= 15 is 0 Å². The lowest BCUT2D eigenvalue weighted by Gasteiger charge is -2.38. The predicted molar refractivity (Wildman–Crippen MR) is 73.1 cm³/mol. The van der Waals surface area contributed by atoms with E-state index in [9.17, 15) is 8.42 Å². The van der Waals surface area contributed by atoms with Crippen LogP contribution in [0.2, 0.25) is 0 Å². The normalized spacial score (nSPS) is 29.3. The lowest BCUT2D eigenvalue weighted by Crippen LogP contribution is -2.51. The third kappa shape index (κ3) is 2.95. The van der Waals surface area contributed by atoms with Gasteiger partial charge >= 0.3 is 0 Å². The topological polar surface area (TPSA) is 74.8 Å². The number of aromatic nitrogens is 2. The van der Waals surface area contributed by atoms with E-state index in [1.165, 1.54) is 12.5 Å². The Hall–Kier alpha value is -0.400. The van der Waals surface area contributed by atoms with Gasteiger partial charge in [-0.1, -0.05) is 22.9 Å². The summed E-state index contributed by atoms with van der Waals surface area (Å²) in [5, 5.41) is 0.765. The fourth-order valence-corrected chi connectivity index (χ4v) is 4.56. The molecular formula is C11H18BrN3O2S. The van der Waals surface area contributed by atoms with Gasteiger partial charge in [-0.15, -0.1) is 0 Å². The molecule has 0 spiro atoms. The van der Waals surface area contributed by atoms with Crippen molar-refractivity contribution in [3.05, 3.63) is 12.5 Å². The molecule has 1 fully saturated rings. The highest BCUT2D eigenvalue weighted by molar-refractivity contribution is 9.09. The number of hydrogen-bond acceptors (Lipinski definition) is 3. The van der Waals surface area contributed by atoms with Gasteiger partial charge in [0.25, 0.3) is 10.0 Å². The van der Waals surface area contributed by atoms with Crippen molar-refractivity contribution < 1.29 is 8.42 Å². The van der Waals surface area contributed by atoms with Crippen LogP contribution >= 0.6 is 15.9 Å². The highest BCUT2D eigenvalue weighted by Crippen LogP contribution is 2.34. The van der Waals surface area contributed by atoms with Crippen molar-refractivity contribution in [2.75, 3.05) is 5.33 Å². The number of hydrogen-bond donors (Lipinski definition) is 2. The summed E-state index contributed by atoms with van der Waals surface area (Å²) in [6.45, 7) is 2.21. The Kier molecular flexibility index (Phi) is 4.13. The van der Waals surface area contributed by atoms with Crippen LogP contribution in [-0.4, -0.2) is 29.3 Å². The number of imidazole rings is 1. The first-order valence-electron chi connectivity index (χ1n) is 6.06. The third-order valence-corrected chi connectivity index (χ3v) is 6.18. The molecule has 0 bridgehead atoms. The molecule has 0 radical (unpaired) electrons. The molecule has 1 saturated carbocycles. The van der Waals surface area contributed by atoms with Crippen molar-refractivity contribution in [3.8, 4) is 0 Å². The third-order valence-electron chi connectivity index (χ3n) is 3.60. The zero-order chi connectivity index (χ0) is 13.2. The molecule has 0 unspecified atom stereocenters. The van der Waals surface area contributed by atoms with Gasteiger partial charge in [-0.2, -0.15) is 0 Å². The van der Waals surface area contributed by atoms with Crippen molar-refractivity contribution in [1.29, 1.82) is 0 Å². The molecule has 102 valence electrons. The Bertz CT molecular complexity index is 478. The molecule has 0 saturated heterocycles. The maximum atomic E-state index is 12.2. The summed E-state index contributed by atoms with van der Waals surface area (Å²) in [6.07, 6.45) is 6.54. The monoisotopic (exact) mass is 335 g/mol. The molecule has 0 aliphatic heterocycles. The van der Waals surface area contributed by atoms with E-state index in [4.69, 9.17) is 0 Å². The minimum atomic E-state index is -3.50. The van der Waals surface area contributed by atoms with Crippen LogP contribution in [-0.2, 0) is 10.0 Å². The summed E-state index contributed by atoms with van der Waals surface area (Å²) in [4.78, 5) is 6.40. The van der Waals surface area contributed by atoms with E-state index in [1.54, 1.807) is 0 Å². The second-order valence-electron chi connectivity index (χ2n) is 5.12. The number of alkyl halides is 1. The molecule has 1 aromatic heterocycles. The first-order valence-corrected chi connectivity index (χ1v) is 8.66. The van der Waals surface area contributed by atoms with Gasteiger partial charge in [-0.3, -0.25) is 0 Å². The summed E-state index contributed by atoms with van der Waals surface area (Å²) in [6, 6.07) is 0. The Morgan fingerprint density at radius 2 is 2.22 bits per heavy atom. The van der Waals surface area contributed by atoms with Gasteiger partial charge in [0.05, 0.1) is 12.5 Å². The number of rotatable bonds is 4. The number of nitrogens with zero attached hydrogens (tertiary/aromatic N) is 1. The van der Waals surface area contributed by atoms with Crippen LogP contribution in [0.4, 0.5) is 0 Å². The Morgan fingerprint density at radius 1 is 1.56 bits per heavy atom. The van der Waals surface area contributed by atoms with Crippen molar-refractivity contribution in [3.63, 3.8) is 0 Å². The minimum Gasteiger partial charge on any atom is -0.335 e. The lowest BCUT2D eigenvalue weighted by molar-refractivity contribution is 0.249. The SMILES string of the molecule is CC1CCC(CBr)(NS(=O)(=O)c2cnc[nH]2)CC1. The summed E-state index contributed by atoms with van der Waals surface area (Å²) in [7, 11) is -3.50. The number of H-pyrrole nitrogens is 1. The predicted octanol–water partition coefficient (Wildman–Crippen LogP) is 2.03. The van der Waals surface area contributed by atoms with E-state index in [0.717, 1.165) is 25.7 Å². The molecule has 1 aromatic rings. The van der Waals surface area contributed by atoms with Gasteiger partial charge in [-0.25, -0.2) is 18.1 Å². The molecule has 2 N–H and O–H groups in total. The fourth-order valence-electron chi connectivity index (χ4n) is 2.31. The molecule has 1 aliphatic rings. The van der Waals surface area contributed by atoms with Crippen LogP contribution < -0.4 is 4.72 Å². The van der Waals surface area contributed by atoms with Crippen LogP contribution in [0.5, 0.6) is 0 Å². The second-order valence-corrected chi connectivity index (χ2v) is 7.33. The average Bonchev–Trinajstić information content (AvgIpc) is 2.87. The van der Waals surface area contributed by atoms with E-state index in [1.807, 2.05) is 0 Å². The number of sulfonamides is 1. The molecule has 1 aliphatic carbocycles. The highest BCUT2D eigenvalue weighted by atomic mass is 79.9. The van der Waals surface area contributed by atoms with Crippen LogP contribution in [0.25, 0.3) is 0 Å². The lowest BCUT2D eigenvalue weighted by atomic mass is 9.79. The van der Waals surface area contributed by atoms with Gasteiger partial charge in [0, 0.05) is 10.9 Å². The highest BCUT2D eigenvalue weighted by Gasteiger charge is 2.37. The maximum Gasteiger partial charge on any atom is 0.258 e. The standard InChI is InChI=1S/C11H18BrN3O2S/c1-9-2-4-11(7-12,5-3-9)15-18(16,17)10-6-13-8-14-10/h6,8-9,15H,2-5,7H2,1H3,(H,13,14). The average molecular weight is 336 g/mol. The zero-order valence-corrected chi connectivity index (χ0v) is 12.7. The summed E-state index contributed by atoms with van der Waals surface area (Å²) < 4.78 is 27.2. The molecule has 7 heteroatoms. The first-order chi connectivity index (χ1) is 8.47. The number of aromatic amines is 1.